The van der Waals surface area contributed by atoms with E-state index in [1.54, 1.807) is 6.92 Å². The van der Waals surface area contributed by atoms with E-state index in [2.05, 4.69) is 0 Å². The van der Waals surface area contributed by atoms with Crippen LogP contribution in [-0.4, -0.2) is 32.5 Å². The van der Waals surface area contributed by atoms with E-state index in [4.69, 9.17) is 10.5 Å². The summed E-state index contributed by atoms with van der Waals surface area (Å²) in [5.41, 5.74) is 2.94. The topological polar surface area (TPSA) is 98.5 Å². The van der Waals surface area contributed by atoms with Gasteiger partial charge >= 0.3 is 15.5 Å². The smallest absolute Gasteiger partial charge is 0.492 e. The first-order chi connectivity index (χ1) is 11.4. The highest BCUT2D eigenvalue weighted by Crippen LogP contribution is 2.34. The Kier molecular flexibility index (Phi) is 5.33. The van der Waals surface area contributed by atoms with E-state index in [-0.39, 0.29) is 6.61 Å². The number of hydrogen-bond acceptors (Lipinski definition) is 4. The van der Waals surface area contributed by atoms with E-state index in [1.807, 2.05) is 0 Å². The van der Waals surface area contributed by atoms with Gasteiger partial charge in [0.25, 0.3) is 0 Å². The van der Waals surface area contributed by atoms with Gasteiger partial charge < -0.3 is 10.5 Å². The first-order valence-corrected chi connectivity index (χ1v) is 9.09. The maximum Gasteiger partial charge on any atom is 0.511 e. The molecule has 25 heavy (non-hydrogen) atoms. The monoisotopic (exact) mass is 380 g/mol. The summed E-state index contributed by atoms with van der Waals surface area (Å²) >= 11 is 0. The molecule has 0 unspecified atom stereocenters. The summed E-state index contributed by atoms with van der Waals surface area (Å²) in [6.07, 6.45) is 2.37. The minimum absolute atomic E-state index is 0.313. The fraction of sp³-hybridized carbons (Fsp3) is 0.533. The molecule has 3 N–H and O–H groups in total. The molecular formula is C15H19F3N2O4S. The van der Waals surface area contributed by atoms with Gasteiger partial charge in [-0.15, -0.1) is 0 Å². The second-order valence-corrected chi connectivity index (χ2v) is 7.71. The molecule has 1 aromatic rings. The number of rotatable bonds is 6. The number of benzene rings is 1. The van der Waals surface area contributed by atoms with Gasteiger partial charge in [0.05, 0.1) is 6.04 Å². The molecule has 0 heterocycles. The third kappa shape index (κ3) is 4.06. The number of carbonyl (C=O) groups is 1. The van der Waals surface area contributed by atoms with Gasteiger partial charge in [-0.25, -0.2) is 13.1 Å². The Morgan fingerprint density at radius 3 is 2.52 bits per heavy atom. The van der Waals surface area contributed by atoms with Gasteiger partial charge in [-0.2, -0.15) is 13.2 Å². The van der Waals surface area contributed by atoms with Crippen molar-refractivity contribution in [3.8, 4) is 5.75 Å². The van der Waals surface area contributed by atoms with Crippen LogP contribution < -0.4 is 15.2 Å². The van der Waals surface area contributed by atoms with Crippen LogP contribution in [0.25, 0.3) is 0 Å². The molecule has 0 saturated carbocycles. The molecule has 0 fully saturated rings. The van der Waals surface area contributed by atoms with Crippen LogP contribution in [-0.2, 0) is 22.9 Å². The Labute approximate surface area is 143 Å². The van der Waals surface area contributed by atoms with E-state index < -0.39 is 27.5 Å². The number of fused-ring (bicyclic) bond motifs is 1. The number of amides is 1. The first kappa shape index (κ1) is 19.5. The molecule has 0 aromatic heterocycles. The Bertz CT molecular complexity index is 791. The average Bonchev–Trinajstić information content (AvgIpc) is 2.94. The minimum Gasteiger partial charge on any atom is -0.492 e. The summed E-state index contributed by atoms with van der Waals surface area (Å²) in [4.78, 5) is 11.6. The summed E-state index contributed by atoms with van der Waals surface area (Å²) in [6, 6.07) is 0.351. The van der Waals surface area contributed by atoms with Crippen LogP contribution >= 0.6 is 0 Å². The fourth-order valence-electron chi connectivity index (χ4n) is 2.88. The maximum absolute atomic E-state index is 12.4. The molecular weight excluding hydrogens is 361 g/mol. The van der Waals surface area contributed by atoms with Crippen LogP contribution in [0.15, 0.2) is 6.07 Å². The number of sulfonamides is 1. The third-order valence-corrected chi connectivity index (χ3v) is 5.38. The van der Waals surface area contributed by atoms with E-state index in [0.29, 0.717) is 11.3 Å². The van der Waals surface area contributed by atoms with Gasteiger partial charge in [-0.05, 0) is 55.9 Å². The lowest BCUT2D eigenvalue weighted by atomic mass is 9.97. The molecule has 0 saturated heterocycles. The predicted molar refractivity (Wildman–Crippen MR) is 84.8 cm³/mol. The third-order valence-electron chi connectivity index (χ3n) is 4.06. The van der Waals surface area contributed by atoms with E-state index in [0.717, 1.165) is 36.0 Å². The second-order valence-electron chi connectivity index (χ2n) is 6.00. The van der Waals surface area contributed by atoms with Crippen molar-refractivity contribution in [2.24, 2.45) is 5.73 Å². The van der Waals surface area contributed by atoms with Gasteiger partial charge in [-0.3, -0.25) is 4.79 Å². The number of ether oxygens (including phenoxy) is 1. The normalized spacial score (nSPS) is 15.7. The summed E-state index contributed by atoms with van der Waals surface area (Å²) < 4.78 is 66.3. The molecule has 10 heteroatoms. The lowest BCUT2D eigenvalue weighted by Crippen LogP contribution is -2.43. The van der Waals surface area contributed by atoms with Crippen molar-refractivity contribution in [3.05, 3.63) is 28.3 Å². The molecule has 1 aromatic carbocycles. The molecule has 1 atom stereocenters. The number of hydrogen-bond donors (Lipinski definition) is 2. The SMILES string of the molecule is Cc1c(OC[C@H](C)NS(=O)(=O)C(F)(F)F)cc(C(N)=O)c2c1CCC2. The van der Waals surface area contributed by atoms with E-state index >= 15 is 0 Å². The minimum atomic E-state index is -5.45. The zero-order chi connectivity index (χ0) is 19.0. The molecule has 0 bridgehead atoms. The quantitative estimate of drug-likeness (QED) is 0.786. The van der Waals surface area contributed by atoms with Gasteiger partial charge in [0, 0.05) is 5.56 Å². The lowest BCUT2D eigenvalue weighted by molar-refractivity contribution is -0.0451. The highest BCUT2D eigenvalue weighted by molar-refractivity contribution is 7.90. The molecule has 0 radical (unpaired) electrons. The van der Waals surface area contributed by atoms with E-state index in [1.165, 1.54) is 17.7 Å². The molecule has 140 valence electrons. The average molecular weight is 380 g/mol. The number of alkyl halides is 3. The molecule has 0 spiro atoms. The molecule has 6 nitrogen and oxygen atoms in total. The van der Waals surface area contributed by atoms with Gasteiger partial charge in [-0.1, -0.05) is 0 Å². The Balaban J connectivity index is 2.16. The number of nitrogens with one attached hydrogen (secondary N) is 1. The maximum atomic E-state index is 12.4. The largest absolute Gasteiger partial charge is 0.511 e. The van der Waals surface area contributed by atoms with Gasteiger partial charge in [0.15, 0.2) is 0 Å². The summed E-state index contributed by atoms with van der Waals surface area (Å²) in [5, 5.41) is 0. The fourth-order valence-corrected chi connectivity index (χ4v) is 3.61. The Morgan fingerprint density at radius 2 is 1.96 bits per heavy atom. The van der Waals surface area contributed by atoms with Crippen molar-refractivity contribution in [1.82, 2.24) is 4.72 Å². The van der Waals surface area contributed by atoms with Crippen LogP contribution in [0.2, 0.25) is 0 Å². The van der Waals surface area contributed by atoms with Crippen LogP contribution in [0.4, 0.5) is 13.2 Å². The highest BCUT2D eigenvalue weighted by Gasteiger charge is 2.46. The van der Waals surface area contributed by atoms with Crippen LogP contribution in [0, 0.1) is 6.92 Å². The van der Waals surface area contributed by atoms with Crippen molar-refractivity contribution >= 4 is 15.9 Å². The molecule has 1 aliphatic carbocycles. The van der Waals surface area contributed by atoms with E-state index in [9.17, 15) is 26.4 Å². The van der Waals surface area contributed by atoms with Crippen molar-refractivity contribution in [1.29, 1.82) is 0 Å². The number of halogens is 3. The van der Waals surface area contributed by atoms with Crippen molar-refractivity contribution in [2.75, 3.05) is 6.61 Å². The second kappa shape index (κ2) is 6.83. The number of nitrogens with two attached hydrogens (primary N) is 1. The molecule has 2 rings (SSSR count). The molecule has 1 amide bonds. The van der Waals surface area contributed by atoms with Gasteiger partial charge in [0.2, 0.25) is 5.91 Å². The highest BCUT2D eigenvalue weighted by atomic mass is 32.2. The Morgan fingerprint density at radius 1 is 1.36 bits per heavy atom. The standard InChI is InChI=1S/C15H19F3N2O4S/c1-8(20-25(22,23)15(16,17)18)7-24-13-6-12(14(19)21)11-5-3-4-10(11)9(13)2/h6,8,20H,3-5,7H2,1-2H3,(H2,19,21)/t8-/m0/s1. The summed E-state index contributed by atoms with van der Waals surface area (Å²) in [7, 11) is -5.45. The van der Waals surface area contributed by atoms with Crippen LogP contribution in [0.3, 0.4) is 0 Å². The molecule has 1 aliphatic rings. The van der Waals surface area contributed by atoms with Crippen molar-refractivity contribution in [2.45, 2.75) is 44.7 Å². The van der Waals surface area contributed by atoms with Crippen LogP contribution in [0.5, 0.6) is 5.75 Å². The van der Waals surface area contributed by atoms with Crippen molar-refractivity contribution < 1.29 is 31.1 Å². The zero-order valence-corrected chi connectivity index (χ0v) is 14.6. The summed E-state index contributed by atoms with van der Waals surface area (Å²) in [6.45, 7) is 2.71. The molecule has 0 aliphatic heterocycles. The number of primary amides is 1. The Hall–Kier alpha value is -1.81. The van der Waals surface area contributed by atoms with Gasteiger partial charge in [0.1, 0.15) is 12.4 Å². The number of carbonyl (C=O) groups excluding carboxylic acids is 1. The zero-order valence-electron chi connectivity index (χ0n) is 13.7. The summed E-state index contributed by atoms with van der Waals surface area (Å²) in [5.74, 6) is -0.290. The van der Waals surface area contributed by atoms with Crippen molar-refractivity contribution in [3.63, 3.8) is 0 Å². The first-order valence-electron chi connectivity index (χ1n) is 7.60. The lowest BCUT2D eigenvalue weighted by Gasteiger charge is -2.19. The predicted octanol–water partition coefficient (Wildman–Crippen LogP) is 1.79. The van der Waals surface area contributed by atoms with Crippen LogP contribution in [0.1, 0.15) is 40.4 Å².